The first-order valence-electron chi connectivity index (χ1n) is 8.24. The number of methoxy groups -OCH3 is 1. The molecule has 0 radical (unpaired) electrons. The Morgan fingerprint density at radius 1 is 1.43 bits per heavy atom. The summed E-state index contributed by atoms with van der Waals surface area (Å²) in [5.74, 6) is -0.0810. The number of aryl methyl sites for hydroxylation is 1. The Morgan fingerprint density at radius 2 is 2.26 bits per heavy atom. The zero-order valence-electron chi connectivity index (χ0n) is 14.0. The number of hydrogen-bond donors (Lipinski definition) is 1. The third-order valence-electron chi connectivity index (χ3n) is 4.24. The molecule has 2 rings (SSSR count). The lowest BCUT2D eigenvalue weighted by Crippen LogP contribution is -2.46. The maximum atomic E-state index is 12.8. The second kappa shape index (κ2) is 8.67. The highest BCUT2D eigenvalue weighted by molar-refractivity contribution is 5.92. The van der Waals surface area contributed by atoms with Crippen LogP contribution < -0.4 is 5.32 Å². The summed E-state index contributed by atoms with van der Waals surface area (Å²) in [7, 11) is 1.50. The number of aromatic nitrogens is 2. The molecule has 128 valence electrons. The highest BCUT2D eigenvalue weighted by Gasteiger charge is 2.28. The molecule has 1 aromatic heterocycles. The van der Waals surface area contributed by atoms with Crippen LogP contribution in [0.15, 0.2) is 12.5 Å². The molecule has 0 bridgehead atoms. The lowest BCUT2D eigenvalue weighted by Gasteiger charge is -2.36. The second-order valence-electron chi connectivity index (χ2n) is 5.78. The van der Waals surface area contributed by atoms with Crippen molar-refractivity contribution in [3.8, 4) is 0 Å². The van der Waals surface area contributed by atoms with Gasteiger partial charge in [-0.2, -0.15) is 0 Å². The second-order valence-corrected chi connectivity index (χ2v) is 5.78. The van der Waals surface area contributed by atoms with Gasteiger partial charge in [-0.1, -0.05) is 0 Å². The Balaban J connectivity index is 1.95. The summed E-state index contributed by atoms with van der Waals surface area (Å²) in [6, 6.07) is 0.166. The van der Waals surface area contributed by atoms with Crippen LogP contribution in [0.1, 0.15) is 43.1 Å². The Labute approximate surface area is 137 Å². The number of imidazole rings is 1. The normalized spacial score (nSPS) is 18.0. The van der Waals surface area contributed by atoms with Crippen molar-refractivity contribution in [3.63, 3.8) is 0 Å². The fourth-order valence-electron chi connectivity index (χ4n) is 3.03. The van der Waals surface area contributed by atoms with Gasteiger partial charge in [0, 0.05) is 32.8 Å². The molecule has 2 heterocycles. The van der Waals surface area contributed by atoms with Crippen LogP contribution in [-0.4, -0.2) is 59.1 Å². The Morgan fingerprint density at radius 3 is 3.00 bits per heavy atom. The number of carbonyl (C=O) groups excluding carboxylic acids is 2. The standard InChI is InChI=1S/C16H26N4O3/c1-3-19-12-17-10-14(19)16(22)20-9-5-4-6-13(20)7-8-18-15(21)11-23-2/h10,12-13H,3-9,11H2,1-2H3,(H,18,21)/t13-/m0/s1. The van der Waals surface area contributed by atoms with Crippen LogP contribution in [0, 0.1) is 0 Å². The van der Waals surface area contributed by atoms with Gasteiger partial charge in [0.2, 0.25) is 5.91 Å². The molecule has 1 saturated heterocycles. The van der Waals surface area contributed by atoms with E-state index in [1.54, 1.807) is 12.5 Å². The van der Waals surface area contributed by atoms with Gasteiger partial charge in [0.25, 0.3) is 5.91 Å². The molecule has 0 aromatic carbocycles. The minimum Gasteiger partial charge on any atom is -0.375 e. The van der Waals surface area contributed by atoms with Crippen molar-refractivity contribution in [1.82, 2.24) is 19.8 Å². The summed E-state index contributed by atoms with van der Waals surface area (Å²) in [5.41, 5.74) is 0.641. The van der Waals surface area contributed by atoms with Crippen molar-refractivity contribution >= 4 is 11.8 Å². The van der Waals surface area contributed by atoms with Gasteiger partial charge in [-0.05, 0) is 32.6 Å². The molecule has 2 amide bonds. The van der Waals surface area contributed by atoms with E-state index in [0.29, 0.717) is 12.2 Å². The lowest BCUT2D eigenvalue weighted by molar-refractivity contribution is -0.124. The van der Waals surface area contributed by atoms with E-state index in [1.807, 2.05) is 16.4 Å². The molecule has 0 spiro atoms. The van der Waals surface area contributed by atoms with E-state index in [4.69, 9.17) is 4.74 Å². The minimum atomic E-state index is -0.120. The molecule has 0 unspecified atom stereocenters. The van der Waals surface area contributed by atoms with E-state index in [9.17, 15) is 9.59 Å². The average Bonchev–Trinajstić information content (AvgIpc) is 3.03. The summed E-state index contributed by atoms with van der Waals surface area (Å²) >= 11 is 0. The molecule has 1 atom stereocenters. The van der Waals surface area contributed by atoms with E-state index in [1.165, 1.54) is 7.11 Å². The molecule has 1 N–H and O–H groups in total. The number of carbonyl (C=O) groups is 2. The molecule has 1 aromatic rings. The molecule has 7 nitrogen and oxygen atoms in total. The molecule has 1 fully saturated rings. The summed E-state index contributed by atoms with van der Waals surface area (Å²) in [5, 5.41) is 2.83. The first kappa shape index (κ1) is 17.5. The van der Waals surface area contributed by atoms with Crippen molar-refractivity contribution in [1.29, 1.82) is 0 Å². The number of ether oxygens (including phenoxy) is 1. The van der Waals surface area contributed by atoms with Crippen LogP contribution in [0.4, 0.5) is 0 Å². The van der Waals surface area contributed by atoms with Crippen molar-refractivity contribution in [2.75, 3.05) is 26.8 Å². The Kier molecular flexibility index (Phi) is 6.58. The average molecular weight is 322 g/mol. The number of hydrogen-bond acceptors (Lipinski definition) is 4. The molecule has 23 heavy (non-hydrogen) atoms. The number of piperidine rings is 1. The fraction of sp³-hybridized carbons (Fsp3) is 0.688. The van der Waals surface area contributed by atoms with Gasteiger partial charge in [0.05, 0.1) is 12.5 Å². The topological polar surface area (TPSA) is 76.5 Å². The van der Waals surface area contributed by atoms with Crippen LogP contribution in [0.3, 0.4) is 0 Å². The Bertz CT molecular complexity index is 529. The van der Waals surface area contributed by atoms with Crippen LogP contribution in [0.25, 0.3) is 0 Å². The molecule has 1 aliphatic heterocycles. The van der Waals surface area contributed by atoms with Gasteiger partial charge in [-0.3, -0.25) is 9.59 Å². The van der Waals surface area contributed by atoms with E-state index >= 15 is 0 Å². The maximum absolute atomic E-state index is 12.8. The Hall–Kier alpha value is -1.89. The predicted octanol–water partition coefficient (Wildman–Crippen LogP) is 1.05. The summed E-state index contributed by atoms with van der Waals surface area (Å²) in [6.45, 7) is 4.13. The molecule has 1 aliphatic rings. The van der Waals surface area contributed by atoms with Gasteiger partial charge >= 0.3 is 0 Å². The van der Waals surface area contributed by atoms with Gasteiger partial charge in [-0.15, -0.1) is 0 Å². The minimum absolute atomic E-state index is 0.0391. The number of rotatable bonds is 7. The maximum Gasteiger partial charge on any atom is 0.272 e. The smallest absolute Gasteiger partial charge is 0.272 e. The third kappa shape index (κ3) is 4.54. The summed E-state index contributed by atoms with van der Waals surface area (Å²) in [6.07, 6.45) is 7.22. The molecule has 0 saturated carbocycles. The molecule has 0 aliphatic carbocycles. The van der Waals surface area contributed by atoms with Crippen molar-refractivity contribution in [2.45, 2.75) is 45.2 Å². The van der Waals surface area contributed by atoms with Gasteiger partial charge in [0.1, 0.15) is 12.3 Å². The lowest BCUT2D eigenvalue weighted by atomic mass is 9.99. The SMILES string of the molecule is CCn1cncc1C(=O)N1CCCC[C@H]1CCNC(=O)COC. The molecule has 7 heteroatoms. The van der Waals surface area contributed by atoms with Gasteiger partial charge < -0.3 is 19.5 Å². The van der Waals surface area contributed by atoms with Gasteiger partial charge in [0.15, 0.2) is 0 Å². The zero-order chi connectivity index (χ0) is 16.7. The fourth-order valence-corrected chi connectivity index (χ4v) is 3.03. The van der Waals surface area contributed by atoms with Crippen molar-refractivity contribution in [3.05, 3.63) is 18.2 Å². The van der Waals surface area contributed by atoms with E-state index in [-0.39, 0.29) is 24.5 Å². The first-order valence-corrected chi connectivity index (χ1v) is 8.24. The van der Waals surface area contributed by atoms with E-state index < -0.39 is 0 Å². The third-order valence-corrected chi connectivity index (χ3v) is 4.24. The predicted molar refractivity (Wildman–Crippen MR) is 86.1 cm³/mol. The summed E-state index contributed by atoms with van der Waals surface area (Å²) in [4.78, 5) is 30.3. The number of amides is 2. The van der Waals surface area contributed by atoms with E-state index in [2.05, 4.69) is 10.3 Å². The summed E-state index contributed by atoms with van der Waals surface area (Å²) < 4.78 is 6.66. The van der Waals surface area contributed by atoms with Crippen LogP contribution in [0.2, 0.25) is 0 Å². The zero-order valence-corrected chi connectivity index (χ0v) is 14.0. The highest BCUT2D eigenvalue weighted by Crippen LogP contribution is 2.21. The van der Waals surface area contributed by atoms with Gasteiger partial charge in [-0.25, -0.2) is 4.98 Å². The molecular weight excluding hydrogens is 296 g/mol. The monoisotopic (exact) mass is 322 g/mol. The van der Waals surface area contributed by atoms with E-state index in [0.717, 1.165) is 38.8 Å². The van der Waals surface area contributed by atoms with Crippen LogP contribution in [0.5, 0.6) is 0 Å². The first-order chi connectivity index (χ1) is 11.2. The van der Waals surface area contributed by atoms with Crippen LogP contribution in [-0.2, 0) is 16.1 Å². The molecular formula is C16H26N4O3. The quantitative estimate of drug-likeness (QED) is 0.814. The highest BCUT2D eigenvalue weighted by atomic mass is 16.5. The largest absolute Gasteiger partial charge is 0.375 e. The number of nitrogens with zero attached hydrogens (tertiary/aromatic N) is 3. The van der Waals surface area contributed by atoms with Crippen LogP contribution >= 0.6 is 0 Å². The van der Waals surface area contributed by atoms with Crippen molar-refractivity contribution < 1.29 is 14.3 Å². The van der Waals surface area contributed by atoms with Crippen molar-refractivity contribution in [2.24, 2.45) is 0 Å². The number of nitrogens with one attached hydrogen (secondary N) is 1. The number of likely N-dealkylation sites (tertiary alicyclic amines) is 1.